The minimum absolute atomic E-state index is 0.0804. The maximum atomic E-state index is 13.6. The Hall–Kier alpha value is -4.16. The lowest BCUT2D eigenvalue weighted by atomic mass is 10.2. The molecular formula is C21H24F2N8O3. The number of nitrogens with zero attached hydrogens (tertiary/aromatic N) is 6. The first-order valence-electron chi connectivity index (χ1n) is 10.2. The summed E-state index contributed by atoms with van der Waals surface area (Å²) in [5.41, 5.74) is 0.455. The van der Waals surface area contributed by atoms with Crippen molar-refractivity contribution in [2.45, 2.75) is 26.3 Å². The molecule has 0 aliphatic carbocycles. The van der Waals surface area contributed by atoms with Crippen LogP contribution in [0.25, 0.3) is 5.65 Å². The Balaban J connectivity index is 2.00. The third-order valence-electron chi connectivity index (χ3n) is 4.92. The van der Waals surface area contributed by atoms with Gasteiger partial charge < -0.3 is 24.8 Å². The molecular weight excluding hydrogens is 450 g/mol. The number of imidazole rings is 1. The van der Waals surface area contributed by atoms with E-state index in [1.165, 1.54) is 35.7 Å². The minimum atomic E-state index is -2.80. The summed E-state index contributed by atoms with van der Waals surface area (Å²) in [4.78, 5) is 49.9. The number of aromatic nitrogens is 4. The summed E-state index contributed by atoms with van der Waals surface area (Å²) in [6.07, 6.45) is 0.893. The van der Waals surface area contributed by atoms with Crippen LogP contribution in [0, 0.1) is 6.92 Å². The van der Waals surface area contributed by atoms with Crippen molar-refractivity contribution in [3.8, 4) is 0 Å². The Bertz CT molecular complexity index is 1210. The molecule has 3 aromatic rings. The minimum Gasteiger partial charge on any atom is -0.362 e. The average molecular weight is 474 g/mol. The standard InChI is InChI=1S/C21H24F2N8O3/c1-12(25-18-6-17(24-10-32)26-13(2)27-18)15-8-30-7-14(20(22)23)5-16(21(30)28-15)31(11-33)9-19(34)29(3)4/h5-8,10-12,20H,9H2,1-4H3,(H2,24,25,26,27,32)/t12-/m1/s1. The van der Waals surface area contributed by atoms with Crippen LogP contribution in [0.5, 0.6) is 0 Å². The van der Waals surface area contributed by atoms with E-state index in [0.29, 0.717) is 36.0 Å². The highest BCUT2D eigenvalue weighted by atomic mass is 19.3. The summed E-state index contributed by atoms with van der Waals surface area (Å²) in [6.45, 7) is 3.12. The van der Waals surface area contributed by atoms with Crippen LogP contribution < -0.4 is 15.5 Å². The van der Waals surface area contributed by atoms with Crippen molar-refractivity contribution >= 4 is 41.7 Å². The number of amides is 3. The summed E-state index contributed by atoms with van der Waals surface area (Å²) in [5, 5.41) is 5.59. The van der Waals surface area contributed by atoms with E-state index in [0.717, 1.165) is 11.0 Å². The van der Waals surface area contributed by atoms with Gasteiger partial charge >= 0.3 is 0 Å². The van der Waals surface area contributed by atoms with Gasteiger partial charge in [-0.25, -0.2) is 23.7 Å². The average Bonchev–Trinajstić information content (AvgIpc) is 3.21. The van der Waals surface area contributed by atoms with E-state index in [9.17, 15) is 23.2 Å². The smallest absolute Gasteiger partial charge is 0.265 e. The van der Waals surface area contributed by atoms with Crippen molar-refractivity contribution < 1.29 is 23.2 Å². The lowest BCUT2D eigenvalue weighted by Gasteiger charge is -2.20. The molecule has 0 saturated carbocycles. The van der Waals surface area contributed by atoms with Gasteiger partial charge in [0.15, 0.2) is 5.65 Å². The summed E-state index contributed by atoms with van der Waals surface area (Å²) in [5.74, 6) is 0.769. The maximum absolute atomic E-state index is 13.6. The van der Waals surface area contributed by atoms with Crippen LogP contribution in [0.4, 0.5) is 26.1 Å². The van der Waals surface area contributed by atoms with Gasteiger partial charge in [0.05, 0.1) is 17.4 Å². The molecule has 1 atom stereocenters. The number of rotatable bonds is 10. The van der Waals surface area contributed by atoms with Gasteiger partial charge in [0, 0.05) is 38.1 Å². The molecule has 180 valence electrons. The van der Waals surface area contributed by atoms with Gasteiger partial charge in [0.25, 0.3) is 6.43 Å². The van der Waals surface area contributed by atoms with Gasteiger partial charge in [-0.15, -0.1) is 0 Å². The normalized spacial score (nSPS) is 11.9. The fourth-order valence-electron chi connectivity index (χ4n) is 3.20. The van der Waals surface area contributed by atoms with Crippen LogP contribution >= 0.6 is 0 Å². The molecule has 3 heterocycles. The van der Waals surface area contributed by atoms with Crippen molar-refractivity contribution in [2.24, 2.45) is 0 Å². The summed E-state index contributed by atoms with van der Waals surface area (Å²) < 4.78 is 28.5. The van der Waals surface area contributed by atoms with E-state index in [2.05, 4.69) is 25.6 Å². The second-order valence-electron chi connectivity index (χ2n) is 7.69. The molecule has 34 heavy (non-hydrogen) atoms. The van der Waals surface area contributed by atoms with Crippen molar-refractivity contribution in [3.63, 3.8) is 0 Å². The number of alkyl halides is 2. The molecule has 3 amide bonds. The lowest BCUT2D eigenvalue weighted by Crippen LogP contribution is -2.36. The Kier molecular flexibility index (Phi) is 7.34. The molecule has 13 heteroatoms. The van der Waals surface area contributed by atoms with Crippen LogP contribution in [0.15, 0.2) is 24.5 Å². The second kappa shape index (κ2) is 10.2. The predicted octanol–water partition coefficient (Wildman–Crippen LogP) is 2.16. The zero-order valence-electron chi connectivity index (χ0n) is 19.0. The zero-order chi connectivity index (χ0) is 25.0. The molecule has 0 spiro atoms. The number of aryl methyl sites for hydroxylation is 1. The topological polar surface area (TPSA) is 125 Å². The number of hydrogen-bond acceptors (Lipinski definition) is 7. The molecule has 0 aliphatic rings. The van der Waals surface area contributed by atoms with Gasteiger partial charge in [0.2, 0.25) is 18.7 Å². The number of hydrogen-bond donors (Lipinski definition) is 2. The number of carbonyl (C=O) groups is 3. The molecule has 0 bridgehead atoms. The Morgan fingerprint density at radius 2 is 1.85 bits per heavy atom. The molecule has 0 unspecified atom stereocenters. The third kappa shape index (κ3) is 5.42. The van der Waals surface area contributed by atoms with Crippen LogP contribution in [-0.2, 0) is 14.4 Å². The van der Waals surface area contributed by atoms with Crippen LogP contribution in [0.2, 0.25) is 0 Å². The molecule has 0 aromatic carbocycles. The molecule has 3 aromatic heterocycles. The third-order valence-corrected chi connectivity index (χ3v) is 4.92. The van der Waals surface area contributed by atoms with E-state index in [-0.39, 0.29) is 29.3 Å². The van der Waals surface area contributed by atoms with Gasteiger partial charge in [-0.05, 0) is 19.9 Å². The summed E-state index contributed by atoms with van der Waals surface area (Å²) in [7, 11) is 3.06. The number of pyridine rings is 1. The SMILES string of the molecule is Cc1nc(NC=O)cc(N[C@H](C)c2cn3cc(C(F)F)cc(N(C=O)CC(=O)N(C)C)c3n2)n1. The number of nitrogens with one attached hydrogen (secondary N) is 2. The fourth-order valence-corrected chi connectivity index (χ4v) is 3.20. The van der Waals surface area contributed by atoms with Crippen molar-refractivity contribution in [1.29, 1.82) is 0 Å². The van der Waals surface area contributed by atoms with E-state index >= 15 is 0 Å². The molecule has 0 radical (unpaired) electrons. The molecule has 0 aliphatic heterocycles. The van der Waals surface area contributed by atoms with Gasteiger partial charge in [-0.1, -0.05) is 0 Å². The van der Waals surface area contributed by atoms with E-state index in [1.54, 1.807) is 20.0 Å². The summed E-state index contributed by atoms with van der Waals surface area (Å²) in [6, 6.07) is 2.25. The summed E-state index contributed by atoms with van der Waals surface area (Å²) >= 11 is 0. The second-order valence-corrected chi connectivity index (χ2v) is 7.69. The van der Waals surface area contributed by atoms with Crippen molar-refractivity contribution in [3.05, 3.63) is 41.6 Å². The fraction of sp³-hybridized carbons (Fsp3) is 0.333. The molecule has 0 saturated heterocycles. The Morgan fingerprint density at radius 1 is 1.15 bits per heavy atom. The number of fused-ring (bicyclic) bond motifs is 1. The van der Waals surface area contributed by atoms with Crippen LogP contribution in [-0.4, -0.2) is 63.6 Å². The first kappa shape index (κ1) is 24.5. The Morgan fingerprint density at radius 3 is 2.47 bits per heavy atom. The highest BCUT2D eigenvalue weighted by Gasteiger charge is 2.22. The van der Waals surface area contributed by atoms with Crippen LogP contribution in [0.3, 0.4) is 0 Å². The highest BCUT2D eigenvalue weighted by molar-refractivity contribution is 5.92. The maximum Gasteiger partial charge on any atom is 0.265 e. The van der Waals surface area contributed by atoms with Gasteiger partial charge in [0.1, 0.15) is 24.0 Å². The monoisotopic (exact) mass is 474 g/mol. The predicted molar refractivity (Wildman–Crippen MR) is 121 cm³/mol. The Labute approximate surface area is 193 Å². The van der Waals surface area contributed by atoms with Gasteiger partial charge in [-0.2, -0.15) is 0 Å². The molecule has 0 fully saturated rings. The lowest BCUT2D eigenvalue weighted by molar-refractivity contribution is -0.128. The number of likely N-dealkylation sites (N-methyl/N-ethyl adjacent to an activating group) is 1. The highest BCUT2D eigenvalue weighted by Crippen LogP contribution is 2.29. The quantitative estimate of drug-likeness (QED) is 0.432. The van der Waals surface area contributed by atoms with Crippen molar-refractivity contribution in [1.82, 2.24) is 24.3 Å². The first-order valence-corrected chi connectivity index (χ1v) is 10.2. The van der Waals surface area contributed by atoms with E-state index < -0.39 is 12.5 Å². The van der Waals surface area contributed by atoms with E-state index in [4.69, 9.17) is 0 Å². The first-order chi connectivity index (χ1) is 16.1. The zero-order valence-corrected chi connectivity index (χ0v) is 19.0. The number of halogens is 2. The number of carbonyl (C=O) groups excluding carboxylic acids is 3. The molecule has 2 N–H and O–H groups in total. The van der Waals surface area contributed by atoms with E-state index in [1.807, 2.05) is 0 Å². The molecule has 3 rings (SSSR count). The largest absolute Gasteiger partial charge is 0.362 e. The van der Waals surface area contributed by atoms with Crippen molar-refractivity contribution in [2.75, 3.05) is 36.2 Å². The van der Waals surface area contributed by atoms with Gasteiger partial charge in [-0.3, -0.25) is 14.4 Å². The molecule has 11 nitrogen and oxygen atoms in total. The number of anilines is 3. The van der Waals surface area contributed by atoms with Crippen LogP contribution in [0.1, 0.15) is 36.5 Å².